The molecule has 1 fully saturated rings. The molecule has 0 aliphatic carbocycles. The van der Waals surface area contributed by atoms with E-state index in [1.165, 1.54) is 16.4 Å². The number of sulfonamides is 1. The first-order valence-corrected chi connectivity index (χ1v) is 12.0. The molecule has 3 rings (SSSR count). The molecule has 0 atom stereocenters. The molecule has 0 spiro atoms. The maximum absolute atomic E-state index is 13.1. The molecule has 1 amide bonds. The maximum Gasteiger partial charge on any atom is 0.232 e. The number of carbonyl (C=O) groups excluding carboxylic acids is 1. The van der Waals surface area contributed by atoms with Crippen molar-refractivity contribution < 1.29 is 17.6 Å². The smallest absolute Gasteiger partial charge is 0.232 e. The van der Waals surface area contributed by atoms with Gasteiger partial charge in [-0.25, -0.2) is 12.8 Å². The van der Waals surface area contributed by atoms with Gasteiger partial charge in [0.2, 0.25) is 15.9 Å². The molecule has 1 aliphatic rings. The van der Waals surface area contributed by atoms with Gasteiger partial charge in [-0.1, -0.05) is 11.6 Å². The SMILES string of the molecule is CS(=O)(=O)N(CCCC(=O)N1CCN(c2ccc(F)cc2)CC1)c1ccc(Cl)cc1. The lowest BCUT2D eigenvalue weighted by Gasteiger charge is -2.36. The molecule has 0 N–H and O–H groups in total. The molecule has 2 aromatic rings. The van der Waals surface area contributed by atoms with Crippen LogP contribution >= 0.6 is 11.6 Å². The Morgan fingerprint density at radius 3 is 2.20 bits per heavy atom. The van der Waals surface area contributed by atoms with Gasteiger partial charge in [0.1, 0.15) is 5.82 Å². The summed E-state index contributed by atoms with van der Waals surface area (Å²) in [6.45, 7) is 2.75. The van der Waals surface area contributed by atoms with E-state index in [-0.39, 0.29) is 24.7 Å². The number of amides is 1. The molecule has 0 unspecified atom stereocenters. The highest BCUT2D eigenvalue weighted by molar-refractivity contribution is 7.92. The number of hydrogen-bond acceptors (Lipinski definition) is 4. The van der Waals surface area contributed by atoms with E-state index in [0.29, 0.717) is 43.3 Å². The van der Waals surface area contributed by atoms with Crippen LogP contribution in [0.4, 0.5) is 15.8 Å². The van der Waals surface area contributed by atoms with Crippen LogP contribution in [0.15, 0.2) is 48.5 Å². The van der Waals surface area contributed by atoms with Gasteiger partial charge in [-0.15, -0.1) is 0 Å². The topological polar surface area (TPSA) is 60.9 Å². The minimum atomic E-state index is -3.46. The van der Waals surface area contributed by atoms with Crippen LogP contribution in [0.25, 0.3) is 0 Å². The van der Waals surface area contributed by atoms with E-state index in [9.17, 15) is 17.6 Å². The van der Waals surface area contributed by atoms with Crippen molar-refractivity contribution in [2.24, 2.45) is 0 Å². The number of hydrogen-bond donors (Lipinski definition) is 0. The van der Waals surface area contributed by atoms with Crippen molar-refractivity contribution >= 4 is 38.9 Å². The van der Waals surface area contributed by atoms with Crippen LogP contribution in [0.2, 0.25) is 5.02 Å². The fraction of sp³-hybridized carbons (Fsp3) is 0.381. The summed E-state index contributed by atoms with van der Waals surface area (Å²) < 4.78 is 38.7. The Balaban J connectivity index is 1.50. The minimum absolute atomic E-state index is 0.0123. The highest BCUT2D eigenvalue weighted by Crippen LogP contribution is 2.21. The Morgan fingerprint density at radius 1 is 1.03 bits per heavy atom. The molecule has 0 aromatic heterocycles. The monoisotopic (exact) mass is 453 g/mol. The van der Waals surface area contributed by atoms with Gasteiger partial charge in [0, 0.05) is 49.9 Å². The average molecular weight is 454 g/mol. The molecule has 162 valence electrons. The van der Waals surface area contributed by atoms with E-state index in [1.54, 1.807) is 41.3 Å². The van der Waals surface area contributed by atoms with Gasteiger partial charge in [0.15, 0.2) is 0 Å². The van der Waals surface area contributed by atoms with Crippen molar-refractivity contribution in [3.63, 3.8) is 0 Å². The minimum Gasteiger partial charge on any atom is -0.368 e. The number of anilines is 2. The third-order valence-corrected chi connectivity index (χ3v) is 6.54. The second-order valence-electron chi connectivity index (χ2n) is 7.26. The van der Waals surface area contributed by atoms with Crippen LogP contribution in [0.5, 0.6) is 0 Å². The van der Waals surface area contributed by atoms with Crippen LogP contribution in [0.3, 0.4) is 0 Å². The molecule has 0 saturated carbocycles. The Morgan fingerprint density at radius 2 is 1.63 bits per heavy atom. The zero-order chi connectivity index (χ0) is 21.7. The highest BCUT2D eigenvalue weighted by Gasteiger charge is 2.22. The van der Waals surface area contributed by atoms with Gasteiger partial charge in [0.25, 0.3) is 0 Å². The summed E-state index contributed by atoms with van der Waals surface area (Å²) in [7, 11) is -3.46. The summed E-state index contributed by atoms with van der Waals surface area (Å²) in [5.74, 6) is -0.257. The lowest BCUT2D eigenvalue weighted by atomic mass is 10.2. The molecule has 6 nitrogen and oxygen atoms in total. The summed E-state index contributed by atoms with van der Waals surface area (Å²) in [6, 6.07) is 12.9. The van der Waals surface area contributed by atoms with Crippen molar-refractivity contribution in [2.45, 2.75) is 12.8 Å². The van der Waals surface area contributed by atoms with Crippen molar-refractivity contribution in [1.29, 1.82) is 0 Å². The number of nitrogens with zero attached hydrogens (tertiary/aromatic N) is 3. The van der Waals surface area contributed by atoms with Crippen LogP contribution in [-0.2, 0) is 14.8 Å². The first kappa shape index (κ1) is 22.4. The second kappa shape index (κ2) is 9.66. The number of piperazine rings is 1. The van der Waals surface area contributed by atoms with Gasteiger partial charge in [-0.3, -0.25) is 9.10 Å². The van der Waals surface area contributed by atoms with E-state index in [2.05, 4.69) is 4.90 Å². The lowest BCUT2D eigenvalue weighted by Crippen LogP contribution is -2.48. The van der Waals surface area contributed by atoms with Gasteiger partial charge < -0.3 is 9.80 Å². The van der Waals surface area contributed by atoms with Crippen molar-refractivity contribution in [3.05, 3.63) is 59.4 Å². The Bertz CT molecular complexity index is 960. The van der Waals surface area contributed by atoms with Gasteiger partial charge >= 0.3 is 0 Å². The second-order valence-corrected chi connectivity index (χ2v) is 9.60. The third kappa shape index (κ3) is 5.86. The van der Waals surface area contributed by atoms with E-state index < -0.39 is 10.0 Å². The van der Waals surface area contributed by atoms with E-state index in [0.717, 1.165) is 11.9 Å². The van der Waals surface area contributed by atoms with Gasteiger partial charge in [-0.05, 0) is 55.0 Å². The largest absolute Gasteiger partial charge is 0.368 e. The fourth-order valence-corrected chi connectivity index (χ4v) is 4.58. The third-order valence-electron chi connectivity index (χ3n) is 5.09. The molecule has 1 saturated heterocycles. The van der Waals surface area contributed by atoms with Gasteiger partial charge in [0.05, 0.1) is 11.9 Å². The van der Waals surface area contributed by atoms with Crippen LogP contribution in [0.1, 0.15) is 12.8 Å². The number of benzene rings is 2. The summed E-state index contributed by atoms with van der Waals surface area (Å²) in [5.41, 5.74) is 1.47. The molecule has 30 heavy (non-hydrogen) atoms. The molecule has 1 aliphatic heterocycles. The number of carbonyl (C=O) groups is 1. The Labute approximate surface area is 181 Å². The fourth-order valence-electron chi connectivity index (χ4n) is 3.49. The number of halogens is 2. The summed E-state index contributed by atoms with van der Waals surface area (Å²) in [4.78, 5) is 16.5. The molecular weight excluding hydrogens is 429 g/mol. The zero-order valence-electron chi connectivity index (χ0n) is 16.8. The Kier molecular flexibility index (Phi) is 7.20. The van der Waals surface area contributed by atoms with E-state index in [1.807, 2.05) is 0 Å². The van der Waals surface area contributed by atoms with E-state index in [4.69, 9.17) is 11.6 Å². The summed E-state index contributed by atoms with van der Waals surface area (Å²) in [5, 5.41) is 0.530. The highest BCUT2D eigenvalue weighted by atomic mass is 35.5. The predicted molar refractivity (Wildman–Crippen MR) is 118 cm³/mol. The van der Waals surface area contributed by atoms with Crippen molar-refractivity contribution in [1.82, 2.24) is 4.90 Å². The maximum atomic E-state index is 13.1. The summed E-state index contributed by atoms with van der Waals surface area (Å²) >= 11 is 5.88. The van der Waals surface area contributed by atoms with Crippen LogP contribution in [0, 0.1) is 5.82 Å². The molecule has 1 heterocycles. The first-order valence-electron chi connectivity index (χ1n) is 9.75. The van der Waals surface area contributed by atoms with Crippen LogP contribution < -0.4 is 9.21 Å². The predicted octanol–water partition coefficient (Wildman–Crippen LogP) is 3.37. The first-order chi connectivity index (χ1) is 14.2. The normalized spacial score (nSPS) is 14.6. The lowest BCUT2D eigenvalue weighted by molar-refractivity contribution is -0.131. The molecular formula is C21H25ClFN3O3S. The zero-order valence-corrected chi connectivity index (χ0v) is 18.4. The quantitative estimate of drug-likeness (QED) is 0.644. The van der Waals surface area contributed by atoms with E-state index >= 15 is 0 Å². The average Bonchev–Trinajstić information content (AvgIpc) is 2.72. The van der Waals surface area contributed by atoms with Crippen LogP contribution in [-0.4, -0.2) is 58.2 Å². The molecule has 9 heteroatoms. The number of rotatable bonds is 7. The Hall–Kier alpha value is -2.32. The molecule has 0 radical (unpaired) electrons. The molecule has 0 bridgehead atoms. The van der Waals surface area contributed by atoms with Crippen molar-refractivity contribution in [3.8, 4) is 0 Å². The standard InChI is InChI=1S/C21H25ClFN3O3S/c1-30(28,29)26(20-8-4-17(22)5-9-20)12-2-3-21(27)25-15-13-24(14-16-25)19-10-6-18(23)7-11-19/h4-11H,2-3,12-16H2,1H3. The van der Waals surface area contributed by atoms with Gasteiger partial charge in [-0.2, -0.15) is 0 Å². The summed E-state index contributed by atoms with van der Waals surface area (Å²) in [6.07, 6.45) is 1.85. The molecule has 2 aromatic carbocycles. The van der Waals surface area contributed by atoms with Crippen molar-refractivity contribution in [2.75, 3.05) is 48.2 Å².